The van der Waals surface area contributed by atoms with Crippen LogP contribution in [0.3, 0.4) is 0 Å². The molecule has 22 heteroatoms. The van der Waals surface area contributed by atoms with Crippen molar-refractivity contribution < 1.29 is 77.8 Å². The molecule has 0 saturated carbocycles. The van der Waals surface area contributed by atoms with Gasteiger partial charge in [-0.2, -0.15) is 0 Å². The number of hydrogen-bond donors (Lipinski definition) is 6. The minimum atomic E-state index is -1.86. The number of aliphatic hydroxyl groups is 6. The average molecular weight is 1130 g/mol. The molecule has 0 spiro atoms. The highest BCUT2D eigenvalue weighted by molar-refractivity contribution is 5.90. The summed E-state index contributed by atoms with van der Waals surface area (Å²) in [6.45, 7) is 18.4. The maximum atomic E-state index is 15.4. The van der Waals surface area contributed by atoms with E-state index in [0.29, 0.717) is 54.0 Å². The first-order valence-electron chi connectivity index (χ1n) is 28.2. The van der Waals surface area contributed by atoms with E-state index in [1.165, 1.54) is 25.0 Å². The summed E-state index contributed by atoms with van der Waals surface area (Å²) in [6.07, 6.45) is -8.57. The number of amides is 1. The van der Waals surface area contributed by atoms with E-state index >= 15 is 4.39 Å². The number of methoxy groups -OCH3 is 1. The number of carbonyl (C=O) groups is 2. The number of anilines is 1. The fourth-order valence-corrected chi connectivity index (χ4v) is 12.4. The molecular weight excluding hydrogens is 1040 g/mol. The van der Waals surface area contributed by atoms with Crippen LogP contribution in [-0.4, -0.2) is 205 Å². The number of hydrogen-bond acceptors (Lipinski definition) is 19. The van der Waals surface area contributed by atoms with Crippen LogP contribution in [0.5, 0.6) is 0 Å². The van der Waals surface area contributed by atoms with Gasteiger partial charge < -0.3 is 73.6 Å². The largest absolute Gasteiger partial charge is 0.459 e. The summed E-state index contributed by atoms with van der Waals surface area (Å²) in [5, 5.41) is 78.0. The number of esters is 1. The third-order valence-electron chi connectivity index (χ3n) is 17.4. The molecule has 3 aromatic rings. The smallest absolute Gasteiger partial charge is 0.414 e. The molecule has 4 fully saturated rings. The second-order valence-corrected chi connectivity index (χ2v) is 24.0. The van der Waals surface area contributed by atoms with Gasteiger partial charge in [0.2, 0.25) is 0 Å². The molecule has 21 nitrogen and oxygen atoms in total. The van der Waals surface area contributed by atoms with Crippen LogP contribution >= 0.6 is 0 Å². The standard InChI is InChI=1S/C58H89FN6O15/c1-14-46-58(10,73)50(68)36(6)63(12)27-32(2)25-56(8,72)52(34(4)49(35(5)53(70)78-46)79-47-26-57(9,74-13)51(69)37(7)76-47)80-54-48(67)45(23-33(3)75-54)62(11)22-21-40-28-64(61-60-40)29-42-30-65(55(71)77-42)41-19-20-43(44(59)24-41)39-17-15-38(31-66)16-18-39/h15-20,24,28,32-37,42,45-52,54,66-69,72-73H,14,21-23,25-27,29-31H2,1-13H3/t32-,33-,34+,35-,36-,37+,42+,45+,46-,47+,48?,49+,50-,51?,52-,54+,56?,57-,58-/m1/s1. The Balaban J connectivity index is 1.07. The van der Waals surface area contributed by atoms with E-state index < -0.39 is 126 Å². The van der Waals surface area contributed by atoms with E-state index in [0.717, 1.165) is 0 Å². The molecule has 4 saturated heterocycles. The molecule has 4 aliphatic rings. The number of benzene rings is 2. The van der Waals surface area contributed by atoms with E-state index in [4.69, 9.17) is 33.2 Å². The number of carbonyl (C=O) groups excluding carboxylic acids is 2. The van der Waals surface area contributed by atoms with Crippen LogP contribution in [0.1, 0.15) is 106 Å². The Morgan fingerprint density at radius 1 is 0.912 bits per heavy atom. The molecule has 3 unspecified atom stereocenters. The number of aromatic nitrogens is 3. The second-order valence-electron chi connectivity index (χ2n) is 24.0. The van der Waals surface area contributed by atoms with Gasteiger partial charge in [0.05, 0.1) is 72.6 Å². The first kappa shape index (κ1) is 63.3. The second kappa shape index (κ2) is 26.1. The van der Waals surface area contributed by atoms with Crippen molar-refractivity contribution in [2.75, 3.05) is 45.7 Å². The van der Waals surface area contributed by atoms with E-state index in [1.54, 1.807) is 95.7 Å². The van der Waals surface area contributed by atoms with Crippen LogP contribution in [0.2, 0.25) is 0 Å². The maximum absolute atomic E-state index is 15.4. The highest BCUT2D eigenvalue weighted by Crippen LogP contribution is 2.41. The first-order chi connectivity index (χ1) is 37.6. The number of aliphatic hydroxyl groups excluding tert-OH is 4. The molecule has 7 rings (SSSR count). The minimum Gasteiger partial charge on any atom is -0.459 e. The zero-order valence-corrected chi connectivity index (χ0v) is 48.8. The van der Waals surface area contributed by atoms with Crippen molar-refractivity contribution in [1.29, 1.82) is 0 Å². The Bertz CT molecular complexity index is 2520. The van der Waals surface area contributed by atoms with Gasteiger partial charge in [-0.25, -0.2) is 13.9 Å². The van der Waals surface area contributed by atoms with Crippen LogP contribution in [0.15, 0.2) is 48.7 Å². The molecule has 0 radical (unpaired) electrons. The molecule has 4 aliphatic heterocycles. The van der Waals surface area contributed by atoms with Gasteiger partial charge in [-0.05, 0) is 117 Å². The summed E-state index contributed by atoms with van der Waals surface area (Å²) in [5.41, 5.74) is -1.91. The highest BCUT2D eigenvalue weighted by Gasteiger charge is 2.53. The van der Waals surface area contributed by atoms with Gasteiger partial charge in [0.1, 0.15) is 41.9 Å². The predicted octanol–water partition coefficient (Wildman–Crippen LogP) is 4.43. The summed E-state index contributed by atoms with van der Waals surface area (Å²) >= 11 is 0. The SMILES string of the molecule is CC[C@H]1OC(=O)[C@H](C)[C@@H](O[C@H]2C[C@@](C)(OC)C(O)[C@H](C)O2)[C@H](C)[C@@H](O[C@@H]2O[C@H](C)C[C@H](N(C)CCc3cn(C[C@H]4CN(c5ccc(-c6ccc(CO)cc6)c(F)c5)C(=O)O4)nn3)C2O)C(C)(O)C[C@@H](C)CN(C)[C@H](C)[C@@H](O)[C@]1(C)O. The molecule has 1 aromatic heterocycles. The van der Waals surface area contributed by atoms with E-state index in [9.17, 15) is 40.2 Å². The Kier molecular flexibility index (Phi) is 20.7. The summed E-state index contributed by atoms with van der Waals surface area (Å²) < 4.78 is 61.0. The molecule has 2 aromatic carbocycles. The quantitative estimate of drug-likeness (QED) is 0.115. The number of halogens is 1. The number of rotatable bonds is 15. The van der Waals surface area contributed by atoms with Crippen LogP contribution in [0.25, 0.3) is 11.1 Å². The molecule has 0 aliphatic carbocycles. The van der Waals surface area contributed by atoms with Gasteiger partial charge in [0.15, 0.2) is 12.6 Å². The minimum absolute atomic E-state index is 0.0762. The molecule has 448 valence electrons. The van der Waals surface area contributed by atoms with Crippen molar-refractivity contribution in [2.24, 2.45) is 17.8 Å². The number of ether oxygens (including phenoxy) is 7. The van der Waals surface area contributed by atoms with Gasteiger partial charge in [0, 0.05) is 62.8 Å². The third-order valence-corrected chi connectivity index (χ3v) is 17.4. The van der Waals surface area contributed by atoms with Crippen LogP contribution < -0.4 is 4.90 Å². The van der Waals surface area contributed by atoms with Gasteiger partial charge in [-0.3, -0.25) is 9.69 Å². The molecule has 0 bridgehead atoms. The molecular formula is C58H89FN6O15. The Morgan fingerprint density at radius 3 is 2.26 bits per heavy atom. The molecule has 5 heterocycles. The first-order valence-corrected chi connectivity index (χ1v) is 28.2. The lowest BCUT2D eigenvalue weighted by atomic mass is 9.77. The summed E-state index contributed by atoms with van der Waals surface area (Å²) in [6, 6.07) is 10.4. The van der Waals surface area contributed by atoms with Crippen molar-refractivity contribution in [2.45, 2.75) is 211 Å². The van der Waals surface area contributed by atoms with Gasteiger partial charge in [-0.15, -0.1) is 5.10 Å². The fraction of sp³-hybridized carbons (Fsp3) is 0.724. The Labute approximate surface area is 470 Å². The molecule has 80 heavy (non-hydrogen) atoms. The third kappa shape index (κ3) is 14.2. The van der Waals surface area contributed by atoms with E-state index in [-0.39, 0.29) is 44.9 Å². The zero-order valence-electron chi connectivity index (χ0n) is 48.8. The van der Waals surface area contributed by atoms with Crippen molar-refractivity contribution in [3.05, 3.63) is 65.7 Å². The van der Waals surface area contributed by atoms with Crippen LogP contribution in [-0.2, 0) is 57.5 Å². The summed E-state index contributed by atoms with van der Waals surface area (Å²) in [4.78, 5) is 32.8. The zero-order chi connectivity index (χ0) is 58.8. The van der Waals surface area contributed by atoms with Gasteiger partial charge >= 0.3 is 12.1 Å². The summed E-state index contributed by atoms with van der Waals surface area (Å²) in [5.74, 6) is -3.42. The highest BCUT2D eigenvalue weighted by atomic mass is 19.1. The fourth-order valence-electron chi connectivity index (χ4n) is 12.4. The lowest BCUT2D eigenvalue weighted by Gasteiger charge is -2.49. The number of likely N-dealkylation sites (N-methyl/N-ethyl adjacent to an activating group) is 2. The van der Waals surface area contributed by atoms with Gasteiger partial charge in [-0.1, -0.05) is 50.3 Å². The van der Waals surface area contributed by atoms with Crippen LogP contribution in [0.4, 0.5) is 14.9 Å². The lowest BCUT2D eigenvalue weighted by Crippen LogP contribution is -2.61. The van der Waals surface area contributed by atoms with Crippen molar-refractivity contribution in [3.63, 3.8) is 0 Å². The van der Waals surface area contributed by atoms with Crippen molar-refractivity contribution in [3.8, 4) is 11.1 Å². The predicted molar refractivity (Wildman–Crippen MR) is 292 cm³/mol. The Hall–Kier alpha value is -4.27. The van der Waals surface area contributed by atoms with E-state index in [1.807, 2.05) is 37.7 Å². The number of cyclic esters (lactones) is 2. The van der Waals surface area contributed by atoms with Gasteiger partial charge in [0.25, 0.3) is 0 Å². The number of nitrogens with zero attached hydrogens (tertiary/aromatic N) is 6. The Morgan fingerprint density at radius 2 is 1.61 bits per heavy atom. The molecule has 19 atom stereocenters. The van der Waals surface area contributed by atoms with E-state index in [2.05, 4.69) is 10.3 Å². The summed E-state index contributed by atoms with van der Waals surface area (Å²) in [7, 11) is 5.20. The normalized spacial score (nSPS) is 38.2. The average Bonchev–Trinajstić information content (AvgIpc) is 4.06. The molecule has 1 amide bonds. The maximum Gasteiger partial charge on any atom is 0.414 e. The van der Waals surface area contributed by atoms with Crippen molar-refractivity contribution >= 4 is 17.7 Å². The lowest BCUT2D eigenvalue weighted by molar-refractivity contribution is -0.318. The topological polar surface area (TPSA) is 261 Å². The monoisotopic (exact) mass is 1130 g/mol. The molecule has 6 N–H and O–H groups in total. The van der Waals surface area contributed by atoms with Crippen molar-refractivity contribution in [1.82, 2.24) is 24.8 Å². The van der Waals surface area contributed by atoms with Crippen LogP contribution in [0, 0.1) is 23.6 Å².